The summed E-state index contributed by atoms with van der Waals surface area (Å²) in [5, 5.41) is 11.4. The number of aryl methyl sites for hydroxylation is 1. The molecule has 5 rings (SSSR count). The van der Waals surface area contributed by atoms with Gasteiger partial charge in [-0.25, -0.2) is 9.48 Å². The largest absolute Gasteiger partial charge is 0.465 e. The Balaban J connectivity index is 1.49. The molecule has 0 unspecified atom stereocenters. The third-order valence-electron chi connectivity index (χ3n) is 7.64. The molecule has 218 valence electrons. The summed E-state index contributed by atoms with van der Waals surface area (Å²) in [7, 11) is 1.32. The number of ether oxygens (including phenoxy) is 2. The number of hydrogen-bond acceptors (Lipinski definition) is 7. The van der Waals surface area contributed by atoms with Crippen LogP contribution in [0.5, 0.6) is 0 Å². The molecule has 10 heteroatoms. The lowest BCUT2D eigenvalue weighted by atomic mass is 10.00. The summed E-state index contributed by atoms with van der Waals surface area (Å²) in [5.41, 5.74) is 4.53. The number of para-hydroxylation sites is 1. The van der Waals surface area contributed by atoms with E-state index in [1.54, 1.807) is 33.8 Å². The number of aromatic nitrogens is 3. The number of esters is 1. The van der Waals surface area contributed by atoms with Gasteiger partial charge >= 0.3 is 5.97 Å². The zero-order chi connectivity index (χ0) is 29.5. The molecule has 1 N–H and O–H groups in total. The monoisotopic (exact) mass is 569 g/mol. The van der Waals surface area contributed by atoms with Crippen LogP contribution in [0.1, 0.15) is 45.9 Å². The summed E-state index contributed by atoms with van der Waals surface area (Å²) in [6.45, 7) is 3.24. The van der Waals surface area contributed by atoms with Crippen molar-refractivity contribution in [2.75, 3.05) is 26.8 Å². The Morgan fingerprint density at radius 3 is 2.57 bits per heavy atom. The number of fused-ring (bicyclic) bond motifs is 1. The van der Waals surface area contributed by atoms with Gasteiger partial charge in [-0.1, -0.05) is 53.7 Å². The second-order valence-electron chi connectivity index (χ2n) is 10.4. The molecule has 0 radical (unpaired) electrons. The average molecular weight is 570 g/mol. The van der Waals surface area contributed by atoms with Crippen LogP contribution in [0.3, 0.4) is 0 Å². The SMILES string of the molecule is COC(=O)c1ccc([C@H](C(=O)NC[C@H]2CCCO2)N(CCc2ccccc2C)C(=O)Cn2nnc3ccccc32)cc1. The lowest BCUT2D eigenvalue weighted by Crippen LogP contribution is -2.47. The van der Waals surface area contributed by atoms with Crippen LogP contribution in [0.2, 0.25) is 0 Å². The molecular weight excluding hydrogens is 534 g/mol. The fourth-order valence-electron chi connectivity index (χ4n) is 5.29. The third-order valence-corrected chi connectivity index (χ3v) is 7.64. The van der Waals surface area contributed by atoms with E-state index in [1.807, 2.05) is 55.5 Å². The fourth-order valence-corrected chi connectivity index (χ4v) is 5.29. The minimum atomic E-state index is -0.954. The molecule has 0 bridgehead atoms. The third kappa shape index (κ3) is 6.66. The molecule has 0 saturated carbocycles. The summed E-state index contributed by atoms with van der Waals surface area (Å²) in [4.78, 5) is 41.7. The second kappa shape index (κ2) is 13.4. The van der Waals surface area contributed by atoms with Gasteiger partial charge in [0.2, 0.25) is 11.8 Å². The van der Waals surface area contributed by atoms with Crippen molar-refractivity contribution in [1.82, 2.24) is 25.2 Å². The molecule has 1 fully saturated rings. The molecule has 1 aliphatic rings. The summed E-state index contributed by atoms with van der Waals surface area (Å²) in [6.07, 6.45) is 2.31. The number of carbonyl (C=O) groups is 3. The molecular formula is C32H35N5O5. The van der Waals surface area contributed by atoms with E-state index in [2.05, 4.69) is 15.6 Å². The van der Waals surface area contributed by atoms with Gasteiger partial charge < -0.3 is 19.7 Å². The Labute approximate surface area is 244 Å². The zero-order valence-corrected chi connectivity index (χ0v) is 23.9. The Kier molecular flexibility index (Phi) is 9.23. The van der Waals surface area contributed by atoms with Gasteiger partial charge in [0, 0.05) is 19.7 Å². The van der Waals surface area contributed by atoms with E-state index < -0.39 is 12.0 Å². The van der Waals surface area contributed by atoms with Crippen LogP contribution in [0.4, 0.5) is 0 Å². The van der Waals surface area contributed by atoms with Crippen molar-refractivity contribution in [2.24, 2.45) is 0 Å². The van der Waals surface area contributed by atoms with Gasteiger partial charge in [0.1, 0.15) is 18.1 Å². The van der Waals surface area contributed by atoms with E-state index in [-0.39, 0.29) is 31.0 Å². The molecule has 2 heterocycles. The lowest BCUT2D eigenvalue weighted by molar-refractivity contribution is -0.141. The number of rotatable bonds is 11. The van der Waals surface area contributed by atoms with Crippen molar-refractivity contribution >= 4 is 28.8 Å². The van der Waals surface area contributed by atoms with Crippen LogP contribution < -0.4 is 5.32 Å². The molecule has 1 saturated heterocycles. The van der Waals surface area contributed by atoms with Gasteiger partial charge in [-0.2, -0.15) is 0 Å². The maximum absolute atomic E-state index is 14.1. The van der Waals surface area contributed by atoms with Gasteiger partial charge in [-0.05, 0) is 67.1 Å². The molecule has 3 aromatic carbocycles. The van der Waals surface area contributed by atoms with Crippen LogP contribution in [-0.2, 0) is 32.0 Å². The molecule has 0 spiro atoms. The predicted octanol–water partition coefficient (Wildman–Crippen LogP) is 3.63. The highest BCUT2D eigenvalue weighted by atomic mass is 16.5. The first-order chi connectivity index (χ1) is 20.4. The fraction of sp³-hybridized carbons (Fsp3) is 0.344. The normalized spacial score (nSPS) is 15.3. The maximum Gasteiger partial charge on any atom is 0.337 e. The Morgan fingerprint density at radius 2 is 1.83 bits per heavy atom. The van der Waals surface area contributed by atoms with E-state index in [1.165, 1.54) is 7.11 Å². The van der Waals surface area contributed by atoms with Crippen molar-refractivity contribution in [3.05, 3.63) is 95.1 Å². The average Bonchev–Trinajstić information content (AvgIpc) is 3.69. The molecule has 1 aromatic heterocycles. The molecule has 42 heavy (non-hydrogen) atoms. The second-order valence-corrected chi connectivity index (χ2v) is 10.4. The number of benzene rings is 3. The zero-order valence-electron chi connectivity index (χ0n) is 23.9. The molecule has 2 atom stereocenters. The summed E-state index contributed by atoms with van der Waals surface area (Å²) < 4.78 is 12.1. The van der Waals surface area contributed by atoms with Gasteiger partial charge in [0.05, 0.1) is 24.3 Å². The standard InChI is InChI=1S/C32H35N5O5/c1-22-8-3-4-9-23(22)17-18-36(29(38)21-37-28-12-6-5-11-27(28)34-35-37)30(31(39)33-20-26-10-7-19-42-26)24-13-15-25(16-14-24)32(40)41-2/h3-6,8-9,11-16,26,30H,7,10,17-21H2,1-2H3,(H,33,39)/t26-,30-/m1/s1. The minimum Gasteiger partial charge on any atom is -0.465 e. The van der Waals surface area contributed by atoms with E-state index in [0.717, 1.165) is 29.5 Å². The van der Waals surface area contributed by atoms with E-state index in [4.69, 9.17) is 9.47 Å². The maximum atomic E-state index is 14.1. The van der Waals surface area contributed by atoms with Gasteiger partial charge in [0.15, 0.2) is 0 Å². The van der Waals surface area contributed by atoms with E-state index in [9.17, 15) is 14.4 Å². The molecule has 2 amide bonds. The number of nitrogens with zero attached hydrogens (tertiary/aromatic N) is 4. The van der Waals surface area contributed by atoms with Crippen LogP contribution in [0, 0.1) is 6.92 Å². The van der Waals surface area contributed by atoms with E-state index in [0.29, 0.717) is 36.2 Å². The van der Waals surface area contributed by atoms with Crippen LogP contribution >= 0.6 is 0 Å². The highest BCUT2D eigenvalue weighted by molar-refractivity contribution is 5.91. The molecule has 0 aliphatic carbocycles. The van der Waals surface area contributed by atoms with Crippen molar-refractivity contribution in [2.45, 2.75) is 44.9 Å². The summed E-state index contributed by atoms with van der Waals surface area (Å²) >= 11 is 0. The van der Waals surface area contributed by atoms with Crippen molar-refractivity contribution < 1.29 is 23.9 Å². The van der Waals surface area contributed by atoms with Crippen LogP contribution in [0.25, 0.3) is 11.0 Å². The highest BCUT2D eigenvalue weighted by Gasteiger charge is 2.33. The first kappa shape index (κ1) is 28.9. The summed E-state index contributed by atoms with van der Waals surface area (Å²) in [6, 6.07) is 21.1. The van der Waals surface area contributed by atoms with Crippen molar-refractivity contribution in [3.8, 4) is 0 Å². The number of methoxy groups -OCH3 is 1. The Morgan fingerprint density at radius 1 is 1.07 bits per heavy atom. The Bertz CT molecular complexity index is 1540. The summed E-state index contributed by atoms with van der Waals surface area (Å²) in [5.74, 6) is -1.09. The van der Waals surface area contributed by atoms with E-state index >= 15 is 0 Å². The quantitative estimate of drug-likeness (QED) is 0.274. The molecule has 4 aromatic rings. The minimum absolute atomic E-state index is 0.0612. The van der Waals surface area contributed by atoms with Crippen LogP contribution in [0.15, 0.2) is 72.8 Å². The number of hydrogen-bond donors (Lipinski definition) is 1. The number of carbonyl (C=O) groups excluding carboxylic acids is 3. The molecule has 10 nitrogen and oxygen atoms in total. The topological polar surface area (TPSA) is 116 Å². The lowest BCUT2D eigenvalue weighted by Gasteiger charge is -2.32. The predicted molar refractivity (Wildman–Crippen MR) is 157 cm³/mol. The van der Waals surface area contributed by atoms with Gasteiger partial charge in [-0.15, -0.1) is 5.10 Å². The smallest absolute Gasteiger partial charge is 0.337 e. The van der Waals surface area contributed by atoms with Gasteiger partial charge in [-0.3, -0.25) is 9.59 Å². The first-order valence-corrected chi connectivity index (χ1v) is 14.1. The highest BCUT2D eigenvalue weighted by Crippen LogP contribution is 2.25. The van der Waals surface area contributed by atoms with Crippen molar-refractivity contribution in [3.63, 3.8) is 0 Å². The van der Waals surface area contributed by atoms with Crippen LogP contribution in [-0.4, -0.2) is 70.6 Å². The molecule has 1 aliphatic heterocycles. The van der Waals surface area contributed by atoms with Gasteiger partial charge in [0.25, 0.3) is 0 Å². The Hall–Kier alpha value is -4.57. The van der Waals surface area contributed by atoms with Crippen molar-refractivity contribution in [1.29, 1.82) is 0 Å². The first-order valence-electron chi connectivity index (χ1n) is 14.1. The number of amides is 2. The number of nitrogens with one attached hydrogen (secondary N) is 1.